The minimum absolute atomic E-state index is 0.0840. The molecule has 0 spiro atoms. The van der Waals surface area contributed by atoms with E-state index in [2.05, 4.69) is 65.8 Å². The van der Waals surface area contributed by atoms with E-state index in [4.69, 9.17) is 0 Å². The molecule has 0 aliphatic rings. The molecule has 0 bridgehead atoms. The first-order valence-corrected chi connectivity index (χ1v) is 8.63. The average molecular weight is 313 g/mol. The molecule has 0 N–H and O–H groups in total. The second-order valence-corrected chi connectivity index (χ2v) is 7.95. The third kappa shape index (κ3) is 3.12. The van der Waals surface area contributed by atoms with Crippen LogP contribution in [0.3, 0.4) is 0 Å². The third-order valence-corrected chi connectivity index (χ3v) is 7.39. The number of benzene rings is 2. The maximum absolute atomic E-state index is 2.32. The van der Waals surface area contributed by atoms with Crippen LogP contribution in [0.25, 0.3) is 0 Å². The van der Waals surface area contributed by atoms with Gasteiger partial charge in [0.2, 0.25) is 0 Å². The van der Waals surface area contributed by atoms with E-state index >= 15 is 0 Å². The van der Waals surface area contributed by atoms with Crippen molar-refractivity contribution in [3.63, 3.8) is 0 Å². The Hall–Kier alpha value is -1.00. The zero-order valence-electron chi connectivity index (χ0n) is 12.8. The van der Waals surface area contributed by atoms with Gasteiger partial charge in [0.25, 0.3) is 0 Å². The molecule has 0 atom stereocenters. The molecule has 19 heavy (non-hydrogen) atoms. The normalized spacial score (nSPS) is 10.8. The van der Waals surface area contributed by atoms with Crippen molar-refractivity contribution in [3.05, 3.63) is 57.6 Å². The van der Waals surface area contributed by atoms with Crippen LogP contribution in [0, 0.1) is 41.5 Å². The maximum atomic E-state index is 2.32. The van der Waals surface area contributed by atoms with E-state index in [1.807, 2.05) is 0 Å². The molecule has 1 radical (unpaired) electrons. The average Bonchev–Trinajstić information content (AvgIpc) is 2.25. The van der Waals surface area contributed by atoms with E-state index in [1.54, 1.807) is 8.70 Å². The Morgan fingerprint density at radius 3 is 1.05 bits per heavy atom. The zero-order valence-corrected chi connectivity index (χ0v) is 14.6. The van der Waals surface area contributed by atoms with Crippen LogP contribution in [0.4, 0.5) is 0 Å². The van der Waals surface area contributed by atoms with Crippen LogP contribution in [0.15, 0.2) is 24.3 Å². The predicted molar refractivity (Wildman–Crippen MR) is 86.3 cm³/mol. The third-order valence-electron chi connectivity index (χ3n) is 3.49. The molecule has 0 aliphatic carbocycles. The molecule has 0 nitrogen and oxygen atoms in total. The Kier molecular flexibility index (Phi) is 4.21. The van der Waals surface area contributed by atoms with E-state index < -0.39 is 0 Å². The molecule has 0 heterocycles. The summed E-state index contributed by atoms with van der Waals surface area (Å²) in [7, 11) is 0. The first-order chi connectivity index (χ1) is 8.88. The second kappa shape index (κ2) is 5.55. The van der Waals surface area contributed by atoms with Gasteiger partial charge in [-0.25, -0.2) is 0 Å². The monoisotopic (exact) mass is 313 g/mol. The molecule has 0 aliphatic heterocycles. The molecule has 0 unspecified atom stereocenters. The minimum atomic E-state index is 0.0840. The molecular formula is C18H22As. The molecule has 2 aromatic carbocycles. The SMILES string of the molecule is Cc1cc(C)c([As]c2c(C)cc(C)cc2C)c(C)c1. The number of rotatable bonds is 2. The summed E-state index contributed by atoms with van der Waals surface area (Å²) < 4.78 is 3.16. The molecular weight excluding hydrogens is 291 g/mol. The zero-order chi connectivity index (χ0) is 14.2. The molecule has 0 saturated heterocycles. The van der Waals surface area contributed by atoms with Crippen molar-refractivity contribution in [3.8, 4) is 0 Å². The van der Waals surface area contributed by atoms with Gasteiger partial charge in [0, 0.05) is 0 Å². The molecule has 1 heteroatoms. The fourth-order valence-corrected chi connectivity index (χ4v) is 5.30. The quantitative estimate of drug-likeness (QED) is 0.747. The van der Waals surface area contributed by atoms with Crippen LogP contribution < -0.4 is 8.70 Å². The van der Waals surface area contributed by atoms with Crippen LogP contribution in [0.1, 0.15) is 33.4 Å². The van der Waals surface area contributed by atoms with E-state index in [9.17, 15) is 0 Å². The van der Waals surface area contributed by atoms with Gasteiger partial charge in [-0.3, -0.25) is 0 Å². The van der Waals surface area contributed by atoms with Gasteiger partial charge in [-0.2, -0.15) is 0 Å². The van der Waals surface area contributed by atoms with E-state index in [0.717, 1.165) is 0 Å². The Morgan fingerprint density at radius 1 is 0.526 bits per heavy atom. The molecule has 0 saturated carbocycles. The van der Waals surface area contributed by atoms with Crippen molar-refractivity contribution in [1.29, 1.82) is 0 Å². The summed E-state index contributed by atoms with van der Waals surface area (Å²) in [4.78, 5) is 0. The Labute approximate surface area is 123 Å². The summed E-state index contributed by atoms with van der Waals surface area (Å²) in [5.41, 5.74) is 8.57. The van der Waals surface area contributed by atoms with Gasteiger partial charge in [0.1, 0.15) is 0 Å². The van der Waals surface area contributed by atoms with Gasteiger partial charge in [-0.1, -0.05) is 0 Å². The fraction of sp³-hybridized carbons (Fsp3) is 0.333. The van der Waals surface area contributed by atoms with Crippen LogP contribution >= 0.6 is 0 Å². The van der Waals surface area contributed by atoms with Gasteiger partial charge in [-0.15, -0.1) is 0 Å². The second-order valence-electron chi connectivity index (χ2n) is 5.61. The van der Waals surface area contributed by atoms with Crippen LogP contribution in [0.5, 0.6) is 0 Å². The number of hydrogen-bond acceptors (Lipinski definition) is 0. The summed E-state index contributed by atoms with van der Waals surface area (Å²) in [6.45, 7) is 13.4. The van der Waals surface area contributed by atoms with Crippen molar-refractivity contribution in [1.82, 2.24) is 0 Å². The summed E-state index contributed by atoms with van der Waals surface area (Å²) in [6, 6.07) is 9.27. The van der Waals surface area contributed by atoms with Crippen LogP contribution in [-0.2, 0) is 0 Å². The summed E-state index contributed by atoms with van der Waals surface area (Å²) >= 11 is 0.0840. The molecule has 99 valence electrons. The molecule has 0 aromatic heterocycles. The molecule has 0 fully saturated rings. The Balaban J connectivity index is 2.48. The van der Waals surface area contributed by atoms with Crippen molar-refractivity contribution in [2.24, 2.45) is 0 Å². The fourth-order valence-electron chi connectivity index (χ4n) is 2.81. The van der Waals surface area contributed by atoms with E-state index in [1.165, 1.54) is 33.4 Å². The Morgan fingerprint density at radius 2 is 0.789 bits per heavy atom. The standard InChI is InChI=1S/C18H22As/c1-11-7-13(3)17(14(4)8-11)19-18-15(5)9-12(2)10-16(18)6/h7-10H,1-6H3. The molecule has 2 aromatic rings. The molecule has 2 rings (SSSR count). The number of aryl methyl sites for hydroxylation is 6. The van der Waals surface area contributed by atoms with Crippen molar-refractivity contribution < 1.29 is 0 Å². The van der Waals surface area contributed by atoms with E-state index in [-0.39, 0.29) is 15.8 Å². The van der Waals surface area contributed by atoms with Crippen molar-refractivity contribution >= 4 is 24.5 Å². The predicted octanol–water partition coefficient (Wildman–Crippen LogP) is 3.19. The van der Waals surface area contributed by atoms with Gasteiger partial charge in [0.05, 0.1) is 0 Å². The topological polar surface area (TPSA) is 0 Å². The first-order valence-electron chi connectivity index (χ1n) is 6.76. The van der Waals surface area contributed by atoms with Gasteiger partial charge < -0.3 is 0 Å². The number of hydrogen-bond donors (Lipinski definition) is 0. The van der Waals surface area contributed by atoms with Crippen LogP contribution in [0.2, 0.25) is 0 Å². The van der Waals surface area contributed by atoms with Gasteiger partial charge in [0.15, 0.2) is 0 Å². The van der Waals surface area contributed by atoms with Crippen molar-refractivity contribution in [2.75, 3.05) is 0 Å². The van der Waals surface area contributed by atoms with Crippen molar-refractivity contribution in [2.45, 2.75) is 41.5 Å². The summed E-state index contributed by atoms with van der Waals surface area (Å²) in [5.74, 6) is 0. The van der Waals surface area contributed by atoms with Gasteiger partial charge in [-0.05, 0) is 0 Å². The van der Waals surface area contributed by atoms with Gasteiger partial charge >= 0.3 is 124 Å². The molecule has 0 amide bonds. The first kappa shape index (κ1) is 14.4. The van der Waals surface area contributed by atoms with Crippen LogP contribution in [-0.4, -0.2) is 15.8 Å². The summed E-state index contributed by atoms with van der Waals surface area (Å²) in [5, 5.41) is 0. The Bertz CT molecular complexity index is 522. The van der Waals surface area contributed by atoms with E-state index in [0.29, 0.717) is 0 Å². The summed E-state index contributed by atoms with van der Waals surface area (Å²) in [6.07, 6.45) is 0.